The lowest BCUT2D eigenvalue weighted by Crippen LogP contribution is -2.46. The fourth-order valence-electron chi connectivity index (χ4n) is 4.84. The number of thiophene rings is 1. The number of carbonyl (C=O) groups excluding carboxylic acids is 2. The first-order chi connectivity index (χ1) is 16.4. The van der Waals surface area contributed by atoms with Gasteiger partial charge in [0.25, 0.3) is 5.91 Å². The van der Waals surface area contributed by atoms with Gasteiger partial charge in [-0.15, -0.1) is 11.3 Å². The van der Waals surface area contributed by atoms with Crippen molar-refractivity contribution >= 4 is 23.2 Å². The lowest BCUT2D eigenvalue weighted by molar-refractivity contribution is -0.124. The molecule has 2 atom stereocenters. The molecule has 1 aromatic carbocycles. The van der Waals surface area contributed by atoms with Gasteiger partial charge >= 0.3 is 0 Å². The monoisotopic (exact) mass is 486 g/mol. The van der Waals surface area contributed by atoms with Crippen LogP contribution in [0.15, 0.2) is 29.6 Å². The van der Waals surface area contributed by atoms with E-state index in [0.717, 1.165) is 44.0 Å². The number of benzene rings is 1. The van der Waals surface area contributed by atoms with Crippen molar-refractivity contribution in [3.05, 3.63) is 45.6 Å². The van der Waals surface area contributed by atoms with Crippen molar-refractivity contribution in [1.82, 2.24) is 20.0 Å². The molecule has 3 heterocycles. The van der Waals surface area contributed by atoms with E-state index in [-0.39, 0.29) is 17.9 Å². The summed E-state index contributed by atoms with van der Waals surface area (Å²) in [7, 11) is 7.02. The average molecular weight is 487 g/mol. The fourth-order valence-corrected chi connectivity index (χ4v) is 5.75. The first-order valence-corrected chi connectivity index (χ1v) is 12.6. The van der Waals surface area contributed by atoms with Crippen molar-refractivity contribution in [3.8, 4) is 11.5 Å². The number of amides is 2. The predicted octanol–water partition coefficient (Wildman–Crippen LogP) is 2.43. The molecule has 8 nitrogen and oxygen atoms in total. The Kier molecular flexibility index (Phi) is 7.75. The lowest BCUT2D eigenvalue weighted by Gasteiger charge is -2.39. The molecule has 0 spiro atoms. The first-order valence-electron chi connectivity index (χ1n) is 11.7. The van der Waals surface area contributed by atoms with E-state index in [1.165, 1.54) is 0 Å². The Labute approximate surface area is 205 Å². The highest BCUT2D eigenvalue weighted by molar-refractivity contribution is 7.10. The molecule has 1 N–H and O–H groups in total. The molecule has 0 saturated carbocycles. The maximum Gasteiger partial charge on any atom is 0.254 e. The minimum absolute atomic E-state index is 0.0791. The molecule has 2 amide bonds. The average Bonchev–Trinajstić information content (AvgIpc) is 3.38. The molecule has 0 unspecified atom stereocenters. The Bertz CT molecular complexity index is 1000. The number of fused-ring (bicyclic) bond motifs is 1. The minimum Gasteiger partial charge on any atom is -0.493 e. The lowest BCUT2D eigenvalue weighted by atomic mass is 9.81. The summed E-state index contributed by atoms with van der Waals surface area (Å²) in [6, 6.07) is 7.03. The van der Waals surface area contributed by atoms with Crippen molar-refractivity contribution in [2.45, 2.75) is 18.4 Å². The summed E-state index contributed by atoms with van der Waals surface area (Å²) >= 11 is 1.56. The third kappa shape index (κ3) is 4.92. The molecule has 1 saturated heterocycles. The number of rotatable bonds is 8. The van der Waals surface area contributed by atoms with E-state index < -0.39 is 5.92 Å². The standard InChI is InChI=1S/C25H34N4O4S/c1-27-10-12-29(13-11-27)9-6-8-26-24(30)22-17-15-19(32-3)20(33-4)16-18(17)25(31)28(2)23(22)21-7-5-14-34-21/h5,7,14-16,22-23H,6,8-13H2,1-4H3,(H,26,30)/t22-,23-/m1/s1. The van der Waals surface area contributed by atoms with E-state index in [1.807, 2.05) is 17.5 Å². The summed E-state index contributed by atoms with van der Waals surface area (Å²) < 4.78 is 10.9. The largest absolute Gasteiger partial charge is 0.493 e. The number of hydrogen-bond acceptors (Lipinski definition) is 7. The fraction of sp³-hybridized carbons (Fsp3) is 0.520. The van der Waals surface area contributed by atoms with Gasteiger partial charge in [0.1, 0.15) is 0 Å². The second-order valence-corrected chi connectivity index (χ2v) is 9.92. The van der Waals surface area contributed by atoms with E-state index in [9.17, 15) is 9.59 Å². The quantitative estimate of drug-likeness (QED) is 0.578. The number of methoxy groups -OCH3 is 2. The smallest absolute Gasteiger partial charge is 0.254 e. The Morgan fingerprint density at radius 2 is 1.82 bits per heavy atom. The molecule has 1 aromatic heterocycles. The van der Waals surface area contributed by atoms with E-state index >= 15 is 0 Å². The van der Waals surface area contributed by atoms with Gasteiger partial charge in [-0.25, -0.2) is 0 Å². The second kappa shape index (κ2) is 10.8. The number of nitrogens with one attached hydrogen (secondary N) is 1. The van der Waals surface area contributed by atoms with Gasteiger partial charge in [0.2, 0.25) is 5.91 Å². The van der Waals surface area contributed by atoms with Gasteiger partial charge in [-0.1, -0.05) is 6.07 Å². The van der Waals surface area contributed by atoms with Crippen molar-refractivity contribution < 1.29 is 19.1 Å². The predicted molar refractivity (Wildman–Crippen MR) is 133 cm³/mol. The third-order valence-electron chi connectivity index (χ3n) is 6.84. The number of nitrogens with zero attached hydrogens (tertiary/aromatic N) is 3. The number of ether oxygens (including phenoxy) is 2. The number of carbonyl (C=O) groups is 2. The van der Waals surface area contributed by atoms with Gasteiger partial charge in [-0.05, 0) is 49.2 Å². The maximum absolute atomic E-state index is 13.6. The van der Waals surface area contributed by atoms with Crippen LogP contribution in [-0.4, -0.2) is 94.1 Å². The molecule has 34 heavy (non-hydrogen) atoms. The third-order valence-corrected chi connectivity index (χ3v) is 7.78. The molecule has 2 aliphatic rings. The molecular weight excluding hydrogens is 452 g/mol. The Morgan fingerprint density at radius 3 is 2.47 bits per heavy atom. The minimum atomic E-state index is -0.542. The van der Waals surface area contributed by atoms with Crippen molar-refractivity contribution in [2.24, 2.45) is 0 Å². The van der Waals surface area contributed by atoms with Crippen LogP contribution in [-0.2, 0) is 4.79 Å². The summed E-state index contributed by atoms with van der Waals surface area (Å²) in [5.74, 6) is 0.234. The Balaban J connectivity index is 1.56. The maximum atomic E-state index is 13.6. The molecule has 4 rings (SSSR count). The zero-order valence-electron chi connectivity index (χ0n) is 20.4. The normalized spacial score (nSPS) is 21.3. The molecular formula is C25H34N4O4S. The van der Waals surface area contributed by atoms with Crippen molar-refractivity contribution in [3.63, 3.8) is 0 Å². The number of likely N-dealkylation sites (N-methyl/N-ethyl adjacent to an activating group) is 2. The van der Waals surface area contributed by atoms with Crippen LogP contribution in [0.2, 0.25) is 0 Å². The van der Waals surface area contributed by atoms with Crippen LogP contribution in [0.3, 0.4) is 0 Å². The zero-order valence-corrected chi connectivity index (χ0v) is 21.2. The zero-order chi connectivity index (χ0) is 24.2. The van der Waals surface area contributed by atoms with Gasteiger partial charge in [-0.2, -0.15) is 0 Å². The molecule has 0 aliphatic carbocycles. The summed E-state index contributed by atoms with van der Waals surface area (Å²) in [5, 5.41) is 5.13. The number of piperazine rings is 1. The van der Waals surface area contributed by atoms with Crippen molar-refractivity contribution in [2.75, 3.05) is 67.6 Å². The molecule has 0 bridgehead atoms. The SMILES string of the molecule is COc1cc2c(cc1OC)[C@@H](C(=O)NCCCN1CCN(C)CC1)[C@@H](c1cccs1)N(C)C2=O. The Hall–Kier alpha value is -2.62. The number of hydrogen-bond donors (Lipinski definition) is 1. The van der Waals surface area contributed by atoms with Gasteiger partial charge in [0.05, 0.1) is 26.2 Å². The van der Waals surface area contributed by atoms with Gasteiger partial charge < -0.3 is 29.5 Å². The highest BCUT2D eigenvalue weighted by Gasteiger charge is 2.44. The van der Waals surface area contributed by atoms with Gasteiger partial charge in [0, 0.05) is 50.2 Å². The second-order valence-electron chi connectivity index (χ2n) is 8.94. The van der Waals surface area contributed by atoms with Crippen LogP contribution >= 0.6 is 11.3 Å². The van der Waals surface area contributed by atoms with E-state index in [1.54, 1.807) is 49.6 Å². The molecule has 1 fully saturated rings. The summed E-state index contributed by atoms with van der Waals surface area (Å²) in [6.45, 7) is 5.86. The van der Waals surface area contributed by atoms with Gasteiger partial charge in [0.15, 0.2) is 11.5 Å². The molecule has 184 valence electrons. The van der Waals surface area contributed by atoms with Crippen LogP contribution in [0.4, 0.5) is 0 Å². The van der Waals surface area contributed by atoms with Crippen LogP contribution in [0.1, 0.15) is 39.2 Å². The van der Waals surface area contributed by atoms with Crippen LogP contribution in [0.5, 0.6) is 11.5 Å². The van der Waals surface area contributed by atoms with Gasteiger partial charge in [-0.3, -0.25) is 9.59 Å². The summed E-state index contributed by atoms with van der Waals surface area (Å²) in [6.07, 6.45) is 0.888. The van der Waals surface area contributed by atoms with Crippen LogP contribution < -0.4 is 14.8 Å². The van der Waals surface area contributed by atoms with Crippen molar-refractivity contribution in [1.29, 1.82) is 0 Å². The molecule has 2 aliphatic heterocycles. The topological polar surface area (TPSA) is 74.4 Å². The molecule has 2 aromatic rings. The molecule has 0 radical (unpaired) electrons. The highest BCUT2D eigenvalue weighted by atomic mass is 32.1. The summed E-state index contributed by atoms with van der Waals surface area (Å²) in [4.78, 5) is 34.4. The van der Waals surface area contributed by atoms with E-state index in [2.05, 4.69) is 22.2 Å². The van der Waals surface area contributed by atoms with E-state index in [4.69, 9.17) is 9.47 Å². The first kappa shape index (κ1) is 24.5. The van der Waals surface area contributed by atoms with Crippen LogP contribution in [0, 0.1) is 0 Å². The highest BCUT2D eigenvalue weighted by Crippen LogP contribution is 2.46. The Morgan fingerprint density at radius 1 is 1.12 bits per heavy atom. The summed E-state index contributed by atoms with van der Waals surface area (Å²) in [5.41, 5.74) is 1.15. The molecule has 9 heteroatoms. The van der Waals surface area contributed by atoms with E-state index in [0.29, 0.717) is 29.2 Å². The van der Waals surface area contributed by atoms with Crippen LogP contribution in [0.25, 0.3) is 0 Å².